The summed E-state index contributed by atoms with van der Waals surface area (Å²) in [6.45, 7) is 5.83. The Balaban J connectivity index is 1.57. The van der Waals surface area contributed by atoms with Crippen LogP contribution in [0.25, 0.3) is 0 Å². The average Bonchev–Trinajstić information content (AvgIpc) is 3.10. The molecule has 0 spiro atoms. The summed E-state index contributed by atoms with van der Waals surface area (Å²) in [7, 11) is -3.19. The molecule has 1 saturated heterocycles. The first-order valence-electron chi connectivity index (χ1n) is 9.06. The fourth-order valence-electron chi connectivity index (χ4n) is 4.95. The highest BCUT2D eigenvalue weighted by atomic mass is 32.2. The zero-order chi connectivity index (χ0) is 16.0. The van der Waals surface area contributed by atoms with Crippen molar-refractivity contribution in [2.75, 3.05) is 18.8 Å². The molecule has 2 bridgehead atoms. The molecule has 4 atom stereocenters. The minimum absolute atomic E-state index is 0.156. The number of hydrogen-bond acceptors (Lipinski definition) is 3. The van der Waals surface area contributed by atoms with E-state index in [4.69, 9.17) is 5.73 Å². The van der Waals surface area contributed by atoms with Crippen LogP contribution in [0.4, 0.5) is 0 Å². The highest BCUT2D eigenvalue weighted by Crippen LogP contribution is 2.49. The predicted octanol–water partition coefficient (Wildman–Crippen LogP) is 2.59. The second kappa shape index (κ2) is 6.06. The first-order chi connectivity index (χ1) is 10.3. The quantitative estimate of drug-likeness (QED) is 0.844. The molecule has 2 saturated carbocycles. The van der Waals surface area contributed by atoms with E-state index in [9.17, 15) is 8.42 Å². The van der Waals surface area contributed by atoms with Gasteiger partial charge in [0.2, 0.25) is 10.0 Å². The van der Waals surface area contributed by atoms with E-state index in [1.807, 2.05) is 0 Å². The Hall–Kier alpha value is -0.130. The summed E-state index contributed by atoms with van der Waals surface area (Å²) in [5.74, 6) is 2.12. The van der Waals surface area contributed by atoms with Crippen molar-refractivity contribution in [1.82, 2.24) is 4.31 Å². The van der Waals surface area contributed by atoms with Crippen LogP contribution in [-0.2, 0) is 10.0 Å². The van der Waals surface area contributed by atoms with E-state index in [0.29, 0.717) is 30.3 Å². The summed E-state index contributed by atoms with van der Waals surface area (Å²) < 4.78 is 27.1. The molecule has 0 radical (unpaired) electrons. The molecule has 1 heterocycles. The fourth-order valence-corrected chi connectivity index (χ4v) is 6.63. The summed E-state index contributed by atoms with van der Waals surface area (Å²) in [6, 6.07) is -0.167. The summed E-state index contributed by atoms with van der Waals surface area (Å²) >= 11 is 0. The van der Waals surface area contributed by atoms with Crippen molar-refractivity contribution in [3.63, 3.8) is 0 Å². The second-order valence-electron chi connectivity index (χ2n) is 8.34. The molecule has 0 aromatic rings. The number of hydrogen-bond donors (Lipinski definition) is 1. The lowest BCUT2D eigenvalue weighted by Gasteiger charge is -2.39. The van der Waals surface area contributed by atoms with Crippen LogP contribution in [0.3, 0.4) is 0 Å². The third-order valence-electron chi connectivity index (χ3n) is 6.92. The van der Waals surface area contributed by atoms with Crippen LogP contribution in [0.5, 0.6) is 0 Å². The third-order valence-corrected chi connectivity index (χ3v) is 8.88. The molecule has 2 N–H and O–H groups in total. The zero-order valence-corrected chi connectivity index (χ0v) is 14.9. The van der Waals surface area contributed by atoms with E-state index in [-0.39, 0.29) is 11.8 Å². The maximum atomic E-state index is 12.7. The lowest BCUT2D eigenvalue weighted by molar-refractivity contribution is 0.168. The normalized spacial score (nSPS) is 36.6. The molecular formula is C17H32N2O2S. The third kappa shape index (κ3) is 3.22. The monoisotopic (exact) mass is 328 g/mol. The van der Waals surface area contributed by atoms with Crippen LogP contribution in [0.1, 0.15) is 58.8 Å². The maximum absolute atomic E-state index is 12.7. The van der Waals surface area contributed by atoms with E-state index >= 15 is 0 Å². The van der Waals surface area contributed by atoms with Crippen molar-refractivity contribution in [1.29, 1.82) is 0 Å². The van der Waals surface area contributed by atoms with Crippen LogP contribution < -0.4 is 5.73 Å². The van der Waals surface area contributed by atoms with E-state index < -0.39 is 10.0 Å². The molecule has 22 heavy (non-hydrogen) atoms. The number of fused-ring (bicyclic) bond motifs is 2. The van der Waals surface area contributed by atoms with Crippen molar-refractivity contribution in [2.45, 2.75) is 64.8 Å². The van der Waals surface area contributed by atoms with Crippen LogP contribution >= 0.6 is 0 Å². The molecule has 4 nitrogen and oxygen atoms in total. The lowest BCUT2D eigenvalue weighted by atomic mass is 9.79. The Morgan fingerprint density at radius 1 is 1.23 bits per heavy atom. The Morgan fingerprint density at radius 3 is 2.41 bits per heavy atom. The van der Waals surface area contributed by atoms with Gasteiger partial charge in [-0.05, 0) is 55.3 Å². The molecule has 3 fully saturated rings. The van der Waals surface area contributed by atoms with Gasteiger partial charge in [0, 0.05) is 19.1 Å². The van der Waals surface area contributed by atoms with E-state index in [1.165, 1.54) is 19.3 Å². The molecule has 128 valence electrons. The molecule has 0 aromatic heterocycles. The van der Waals surface area contributed by atoms with E-state index in [0.717, 1.165) is 31.6 Å². The molecule has 0 amide bonds. The van der Waals surface area contributed by atoms with Gasteiger partial charge in [-0.2, -0.15) is 0 Å². The number of nitrogens with zero attached hydrogens (tertiary/aromatic N) is 1. The second-order valence-corrected chi connectivity index (χ2v) is 10.4. The van der Waals surface area contributed by atoms with Gasteiger partial charge in [-0.15, -0.1) is 0 Å². The molecular weight excluding hydrogens is 296 g/mol. The topological polar surface area (TPSA) is 63.4 Å². The highest BCUT2D eigenvalue weighted by molar-refractivity contribution is 7.89. The van der Waals surface area contributed by atoms with Crippen LogP contribution in [-0.4, -0.2) is 37.6 Å². The van der Waals surface area contributed by atoms with Crippen molar-refractivity contribution < 1.29 is 8.42 Å². The lowest BCUT2D eigenvalue weighted by Crippen LogP contribution is -2.48. The minimum atomic E-state index is -3.19. The van der Waals surface area contributed by atoms with Crippen LogP contribution in [0.15, 0.2) is 0 Å². The maximum Gasteiger partial charge on any atom is 0.215 e. The van der Waals surface area contributed by atoms with Gasteiger partial charge in [0.1, 0.15) is 0 Å². The molecule has 5 heteroatoms. The summed E-state index contributed by atoms with van der Waals surface area (Å²) in [6.07, 6.45) is 8.14. The Labute approximate surface area is 135 Å². The van der Waals surface area contributed by atoms with Crippen LogP contribution in [0, 0.1) is 23.2 Å². The van der Waals surface area contributed by atoms with Gasteiger partial charge >= 0.3 is 0 Å². The minimum Gasteiger partial charge on any atom is -0.326 e. The summed E-state index contributed by atoms with van der Waals surface area (Å²) in [4.78, 5) is 0. The largest absolute Gasteiger partial charge is 0.326 e. The van der Waals surface area contributed by atoms with Crippen molar-refractivity contribution in [3.8, 4) is 0 Å². The van der Waals surface area contributed by atoms with Crippen molar-refractivity contribution in [2.24, 2.45) is 28.9 Å². The SMILES string of the molecule is CCC1(C)CCN(S(=O)(=O)CC(N)C2CC3CCC2C3)CC1. The van der Waals surface area contributed by atoms with Gasteiger partial charge in [-0.1, -0.05) is 26.7 Å². The first kappa shape index (κ1) is 16.7. The summed E-state index contributed by atoms with van der Waals surface area (Å²) in [5.41, 5.74) is 6.65. The number of nitrogens with two attached hydrogens (primary N) is 1. The van der Waals surface area contributed by atoms with Gasteiger partial charge < -0.3 is 5.73 Å². The van der Waals surface area contributed by atoms with Crippen molar-refractivity contribution in [3.05, 3.63) is 0 Å². The molecule has 3 rings (SSSR count). The van der Waals surface area contributed by atoms with Crippen molar-refractivity contribution >= 4 is 10.0 Å². The van der Waals surface area contributed by atoms with E-state index in [2.05, 4.69) is 13.8 Å². The molecule has 4 unspecified atom stereocenters. The smallest absolute Gasteiger partial charge is 0.215 e. The average molecular weight is 329 g/mol. The number of rotatable bonds is 5. The standard InChI is InChI=1S/C17H32N2O2S/c1-3-17(2)6-8-19(9-7-17)22(20,21)12-16(18)15-11-13-4-5-14(15)10-13/h13-16H,3-12,18H2,1-2H3. The first-order valence-corrected chi connectivity index (χ1v) is 10.7. The van der Waals surface area contributed by atoms with Crippen LogP contribution in [0.2, 0.25) is 0 Å². The van der Waals surface area contributed by atoms with Gasteiger partial charge in [-0.3, -0.25) is 0 Å². The Kier molecular flexibility index (Phi) is 4.61. The van der Waals surface area contributed by atoms with Gasteiger partial charge in [0.05, 0.1) is 5.75 Å². The van der Waals surface area contributed by atoms with E-state index in [1.54, 1.807) is 4.31 Å². The summed E-state index contributed by atoms with van der Waals surface area (Å²) in [5, 5.41) is 0. The highest BCUT2D eigenvalue weighted by Gasteiger charge is 2.44. The predicted molar refractivity (Wildman–Crippen MR) is 89.9 cm³/mol. The number of sulfonamides is 1. The van der Waals surface area contributed by atoms with Gasteiger partial charge in [-0.25, -0.2) is 12.7 Å². The Morgan fingerprint density at radius 2 is 1.91 bits per heavy atom. The zero-order valence-electron chi connectivity index (χ0n) is 14.1. The molecule has 2 aliphatic carbocycles. The molecule has 0 aromatic carbocycles. The fraction of sp³-hybridized carbons (Fsp3) is 1.00. The number of piperidine rings is 1. The molecule has 3 aliphatic rings. The van der Waals surface area contributed by atoms with Gasteiger partial charge in [0.15, 0.2) is 0 Å². The van der Waals surface area contributed by atoms with Gasteiger partial charge in [0.25, 0.3) is 0 Å². The Bertz CT molecular complexity index is 497. The molecule has 1 aliphatic heterocycles.